The molecule has 0 amide bonds. The SMILES string of the molecule is O=S1(=O)OCCCC1Cl. The molecule has 1 saturated heterocycles. The van der Waals surface area contributed by atoms with Crippen molar-refractivity contribution in [3.8, 4) is 0 Å². The minimum absolute atomic E-state index is 0.283. The first-order chi connectivity index (χ1) is 4.13. The number of alkyl halides is 1. The number of hydrogen-bond donors (Lipinski definition) is 0. The molecule has 1 aliphatic heterocycles. The highest BCUT2D eigenvalue weighted by atomic mass is 35.5. The Labute approximate surface area is 59.1 Å². The smallest absolute Gasteiger partial charge is 0.269 e. The molecule has 0 aromatic heterocycles. The van der Waals surface area contributed by atoms with E-state index in [1.54, 1.807) is 0 Å². The maximum Gasteiger partial charge on any atom is 0.284 e. The third kappa shape index (κ3) is 1.56. The Morgan fingerprint density at radius 2 is 2.22 bits per heavy atom. The lowest BCUT2D eigenvalue weighted by atomic mass is 10.4. The summed E-state index contributed by atoms with van der Waals surface area (Å²) in [6, 6.07) is 0. The fourth-order valence-electron chi connectivity index (χ4n) is 0.637. The molecule has 0 aromatic rings. The van der Waals surface area contributed by atoms with Gasteiger partial charge in [0.05, 0.1) is 6.61 Å². The van der Waals surface area contributed by atoms with Gasteiger partial charge < -0.3 is 0 Å². The Morgan fingerprint density at radius 1 is 1.56 bits per heavy atom. The molecule has 0 aromatic carbocycles. The highest BCUT2D eigenvalue weighted by Gasteiger charge is 2.27. The van der Waals surface area contributed by atoms with E-state index >= 15 is 0 Å². The van der Waals surface area contributed by atoms with Crippen molar-refractivity contribution in [2.24, 2.45) is 0 Å². The predicted molar refractivity (Wildman–Crippen MR) is 33.7 cm³/mol. The molecule has 1 fully saturated rings. The normalized spacial score (nSPS) is 34.1. The molecule has 5 heteroatoms. The first kappa shape index (κ1) is 7.31. The van der Waals surface area contributed by atoms with Gasteiger partial charge in [0.1, 0.15) is 0 Å². The summed E-state index contributed by atoms with van der Waals surface area (Å²) in [6.45, 7) is 0.283. The molecular formula is C4H7ClO3S. The third-order valence-corrected chi connectivity index (χ3v) is 3.37. The molecule has 1 rings (SSSR count). The van der Waals surface area contributed by atoms with Gasteiger partial charge in [0.15, 0.2) is 4.71 Å². The topological polar surface area (TPSA) is 43.4 Å². The van der Waals surface area contributed by atoms with Crippen molar-refractivity contribution in [1.82, 2.24) is 0 Å². The second-order valence-corrected chi connectivity index (χ2v) is 4.44. The van der Waals surface area contributed by atoms with Crippen LogP contribution in [-0.2, 0) is 14.3 Å². The molecule has 0 spiro atoms. The van der Waals surface area contributed by atoms with Gasteiger partial charge in [-0.3, -0.25) is 4.18 Å². The van der Waals surface area contributed by atoms with Gasteiger partial charge in [0.25, 0.3) is 10.1 Å². The molecule has 1 unspecified atom stereocenters. The molecule has 0 saturated carbocycles. The molecule has 1 atom stereocenters. The molecule has 9 heavy (non-hydrogen) atoms. The monoisotopic (exact) mass is 170 g/mol. The summed E-state index contributed by atoms with van der Waals surface area (Å²) in [4.78, 5) is 0. The Bertz CT molecular complexity index is 186. The summed E-state index contributed by atoms with van der Waals surface area (Å²) >= 11 is 5.40. The fraction of sp³-hybridized carbons (Fsp3) is 1.00. The molecule has 1 aliphatic rings. The van der Waals surface area contributed by atoms with E-state index < -0.39 is 14.8 Å². The second-order valence-electron chi connectivity index (χ2n) is 1.87. The first-order valence-corrected chi connectivity index (χ1v) is 4.56. The van der Waals surface area contributed by atoms with Gasteiger partial charge in [-0.25, -0.2) is 0 Å². The van der Waals surface area contributed by atoms with Crippen molar-refractivity contribution in [2.45, 2.75) is 17.6 Å². The molecule has 1 heterocycles. The third-order valence-electron chi connectivity index (χ3n) is 1.14. The van der Waals surface area contributed by atoms with Crippen LogP contribution in [0.3, 0.4) is 0 Å². The van der Waals surface area contributed by atoms with Crippen LogP contribution in [0.15, 0.2) is 0 Å². The quantitative estimate of drug-likeness (QED) is 0.397. The van der Waals surface area contributed by atoms with Gasteiger partial charge in [-0.15, -0.1) is 11.6 Å². The van der Waals surface area contributed by atoms with Crippen molar-refractivity contribution >= 4 is 21.7 Å². The Balaban J connectivity index is 2.72. The van der Waals surface area contributed by atoms with Crippen LogP contribution in [0.5, 0.6) is 0 Å². The number of halogens is 1. The minimum atomic E-state index is -3.40. The van der Waals surface area contributed by atoms with Crippen molar-refractivity contribution in [2.75, 3.05) is 6.61 Å². The van der Waals surface area contributed by atoms with Crippen molar-refractivity contribution < 1.29 is 12.6 Å². The standard InChI is InChI=1S/C4H7ClO3S/c5-4-2-1-3-8-9(4,6)7/h4H,1-3H2. The molecular weight excluding hydrogens is 164 g/mol. The Kier molecular flexibility index (Phi) is 1.98. The van der Waals surface area contributed by atoms with E-state index in [-0.39, 0.29) is 6.61 Å². The molecule has 0 bridgehead atoms. The van der Waals surface area contributed by atoms with Crippen molar-refractivity contribution in [1.29, 1.82) is 0 Å². The largest absolute Gasteiger partial charge is 0.284 e. The van der Waals surface area contributed by atoms with Crippen LogP contribution in [0.4, 0.5) is 0 Å². The average Bonchev–Trinajstić information content (AvgIpc) is 1.77. The van der Waals surface area contributed by atoms with Crippen LogP contribution in [-0.4, -0.2) is 19.7 Å². The zero-order valence-corrected chi connectivity index (χ0v) is 6.28. The molecule has 3 nitrogen and oxygen atoms in total. The maximum absolute atomic E-state index is 10.6. The highest BCUT2D eigenvalue weighted by molar-refractivity contribution is 7.88. The van der Waals surface area contributed by atoms with Crippen LogP contribution < -0.4 is 0 Å². The van der Waals surface area contributed by atoms with Gasteiger partial charge >= 0.3 is 0 Å². The van der Waals surface area contributed by atoms with Gasteiger partial charge in [-0.05, 0) is 12.8 Å². The molecule has 54 valence electrons. The van der Waals surface area contributed by atoms with E-state index in [4.69, 9.17) is 11.6 Å². The Hall–Kier alpha value is 0.200. The molecule has 0 N–H and O–H groups in total. The van der Waals surface area contributed by atoms with Crippen LogP contribution in [0.1, 0.15) is 12.8 Å². The summed E-state index contributed by atoms with van der Waals surface area (Å²) in [7, 11) is -3.40. The minimum Gasteiger partial charge on any atom is -0.269 e. The summed E-state index contributed by atoms with van der Waals surface area (Å²) in [5.41, 5.74) is 0. The van der Waals surface area contributed by atoms with E-state index in [0.29, 0.717) is 6.42 Å². The lowest BCUT2D eigenvalue weighted by Crippen LogP contribution is -2.24. The average molecular weight is 171 g/mol. The number of hydrogen-bond acceptors (Lipinski definition) is 3. The Morgan fingerprint density at radius 3 is 2.56 bits per heavy atom. The van der Waals surface area contributed by atoms with Crippen LogP contribution >= 0.6 is 11.6 Å². The lowest BCUT2D eigenvalue weighted by molar-refractivity contribution is 0.287. The van der Waals surface area contributed by atoms with E-state index in [1.807, 2.05) is 0 Å². The zero-order valence-electron chi connectivity index (χ0n) is 4.71. The summed E-state index contributed by atoms with van der Waals surface area (Å²) in [5, 5.41) is 0. The van der Waals surface area contributed by atoms with Gasteiger partial charge in [-0.2, -0.15) is 8.42 Å². The van der Waals surface area contributed by atoms with Gasteiger partial charge in [-0.1, -0.05) is 0 Å². The molecule has 0 radical (unpaired) electrons. The van der Waals surface area contributed by atoms with Crippen LogP contribution in [0, 0.1) is 0 Å². The van der Waals surface area contributed by atoms with Crippen molar-refractivity contribution in [3.63, 3.8) is 0 Å². The fourth-order valence-corrected chi connectivity index (χ4v) is 1.90. The first-order valence-electron chi connectivity index (χ1n) is 2.65. The summed E-state index contributed by atoms with van der Waals surface area (Å²) in [6.07, 6.45) is 1.23. The zero-order chi connectivity index (χ0) is 6.91. The van der Waals surface area contributed by atoms with E-state index in [1.165, 1.54) is 0 Å². The number of rotatable bonds is 0. The molecule has 0 aliphatic carbocycles. The highest BCUT2D eigenvalue weighted by Crippen LogP contribution is 2.20. The van der Waals surface area contributed by atoms with Gasteiger partial charge in [0.2, 0.25) is 0 Å². The summed E-state index contributed by atoms with van der Waals surface area (Å²) < 4.78 is 24.8. The maximum atomic E-state index is 10.6. The summed E-state index contributed by atoms with van der Waals surface area (Å²) in [5.74, 6) is 0. The van der Waals surface area contributed by atoms with E-state index in [9.17, 15) is 8.42 Å². The van der Waals surface area contributed by atoms with Crippen molar-refractivity contribution in [3.05, 3.63) is 0 Å². The van der Waals surface area contributed by atoms with Gasteiger partial charge in [0, 0.05) is 0 Å². The lowest BCUT2D eigenvalue weighted by Gasteiger charge is -2.15. The van der Waals surface area contributed by atoms with Crippen LogP contribution in [0.2, 0.25) is 0 Å². The second kappa shape index (κ2) is 2.44. The van der Waals surface area contributed by atoms with E-state index in [0.717, 1.165) is 6.42 Å². The predicted octanol–water partition coefficient (Wildman–Crippen LogP) is 0.692. The van der Waals surface area contributed by atoms with E-state index in [2.05, 4.69) is 4.18 Å². The van der Waals surface area contributed by atoms with Crippen LogP contribution in [0.25, 0.3) is 0 Å².